The Morgan fingerprint density at radius 3 is 2.92 bits per heavy atom. The molecule has 1 heterocycles. The Labute approximate surface area is 79.4 Å². The minimum absolute atomic E-state index is 0.285. The van der Waals surface area contributed by atoms with Crippen molar-refractivity contribution in [3.8, 4) is 0 Å². The second-order valence-corrected chi connectivity index (χ2v) is 3.33. The van der Waals surface area contributed by atoms with Gasteiger partial charge >= 0.3 is 0 Å². The molecule has 1 aromatic heterocycles. The lowest BCUT2D eigenvalue weighted by Gasteiger charge is -2.14. The van der Waals surface area contributed by atoms with Crippen LogP contribution in [0.5, 0.6) is 0 Å². The summed E-state index contributed by atoms with van der Waals surface area (Å²) in [4.78, 5) is 5.41. The monoisotopic (exact) mass is 182 g/mol. The summed E-state index contributed by atoms with van der Waals surface area (Å²) >= 11 is 0. The molecule has 0 unspecified atom stereocenters. The lowest BCUT2D eigenvalue weighted by Crippen LogP contribution is -2.23. The van der Waals surface area contributed by atoms with Crippen molar-refractivity contribution in [2.24, 2.45) is 0 Å². The van der Waals surface area contributed by atoms with Gasteiger partial charge in [-0.05, 0) is 25.6 Å². The first-order chi connectivity index (χ1) is 6.33. The molecule has 0 fully saturated rings. The van der Waals surface area contributed by atoms with Gasteiger partial charge in [-0.15, -0.1) is 0 Å². The van der Waals surface area contributed by atoms with Gasteiger partial charge in [-0.2, -0.15) is 0 Å². The van der Waals surface area contributed by atoms with E-state index in [-0.39, 0.29) is 6.61 Å². The summed E-state index contributed by atoms with van der Waals surface area (Å²) < 4.78 is 0. The molecule has 1 rings (SSSR count). The lowest BCUT2D eigenvalue weighted by atomic mass is 10.3. The molecule has 0 bridgehead atoms. The molecule has 0 radical (unpaired) electrons. The SMILES string of the molecule is CN(CCCO)CCc1ccc[nH]1. The van der Waals surface area contributed by atoms with Crippen LogP contribution in [0.15, 0.2) is 18.3 Å². The summed E-state index contributed by atoms with van der Waals surface area (Å²) in [6.07, 6.45) is 3.86. The van der Waals surface area contributed by atoms with E-state index < -0.39 is 0 Å². The molecule has 2 N–H and O–H groups in total. The van der Waals surface area contributed by atoms with Gasteiger partial charge in [0.15, 0.2) is 0 Å². The zero-order valence-corrected chi connectivity index (χ0v) is 8.16. The second kappa shape index (κ2) is 5.78. The molecule has 0 saturated heterocycles. The molecular formula is C10H18N2O. The van der Waals surface area contributed by atoms with Crippen molar-refractivity contribution in [1.82, 2.24) is 9.88 Å². The van der Waals surface area contributed by atoms with Crippen LogP contribution < -0.4 is 0 Å². The average Bonchev–Trinajstić information content (AvgIpc) is 2.64. The summed E-state index contributed by atoms with van der Waals surface area (Å²) in [6, 6.07) is 4.11. The van der Waals surface area contributed by atoms with E-state index in [0.717, 1.165) is 25.9 Å². The molecule has 3 heteroatoms. The number of nitrogens with one attached hydrogen (secondary N) is 1. The van der Waals surface area contributed by atoms with E-state index in [1.165, 1.54) is 5.69 Å². The highest BCUT2D eigenvalue weighted by Gasteiger charge is 1.98. The van der Waals surface area contributed by atoms with Crippen molar-refractivity contribution < 1.29 is 5.11 Å². The van der Waals surface area contributed by atoms with Gasteiger partial charge in [0.2, 0.25) is 0 Å². The van der Waals surface area contributed by atoms with Crippen LogP contribution in [0.1, 0.15) is 12.1 Å². The fraction of sp³-hybridized carbons (Fsp3) is 0.600. The Hall–Kier alpha value is -0.800. The van der Waals surface area contributed by atoms with Crippen molar-refractivity contribution in [1.29, 1.82) is 0 Å². The minimum atomic E-state index is 0.285. The average molecular weight is 182 g/mol. The van der Waals surface area contributed by atoms with Crippen molar-refractivity contribution >= 4 is 0 Å². The van der Waals surface area contributed by atoms with Crippen molar-refractivity contribution in [2.45, 2.75) is 12.8 Å². The highest BCUT2D eigenvalue weighted by atomic mass is 16.3. The number of likely N-dealkylation sites (N-methyl/N-ethyl adjacent to an activating group) is 1. The maximum absolute atomic E-state index is 8.63. The number of hydrogen-bond donors (Lipinski definition) is 2. The van der Waals surface area contributed by atoms with Crippen LogP contribution in [0.2, 0.25) is 0 Å². The number of hydrogen-bond acceptors (Lipinski definition) is 2. The van der Waals surface area contributed by atoms with Crippen LogP contribution in [0.3, 0.4) is 0 Å². The molecule has 0 spiro atoms. The van der Waals surface area contributed by atoms with E-state index in [1.54, 1.807) is 0 Å². The van der Waals surface area contributed by atoms with E-state index in [2.05, 4.69) is 23.0 Å². The Balaban J connectivity index is 2.11. The molecule has 0 aromatic carbocycles. The molecule has 0 amide bonds. The maximum Gasteiger partial charge on any atom is 0.0443 e. The van der Waals surface area contributed by atoms with Crippen LogP contribution in [-0.4, -0.2) is 41.7 Å². The number of aliphatic hydroxyl groups is 1. The number of aromatic nitrogens is 1. The molecule has 0 aliphatic rings. The first kappa shape index (κ1) is 10.3. The number of aromatic amines is 1. The standard InChI is InChI=1S/C10H18N2O/c1-12(7-3-9-13)8-5-10-4-2-6-11-10/h2,4,6,11,13H,3,5,7-9H2,1H3. The predicted octanol–water partition coefficient (Wildman–Crippen LogP) is 0.871. The Morgan fingerprint density at radius 2 is 2.31 bits per heavy atom. The molecular weight excluding hydrogens is 164 g/mol. The first-order valence-corrected chi connectivity index (χ1v) is 4.74. The number of nitrogens with zero attached hydrogens (tertiary/aromatic N) is 1. The summed E-state index contributed by atoms with van der Waals surface area (Å²) in [7, 11) is 2.08. The third-order valence-corrected chi connectivity index (χ3v) is 2.12. The Kier molecular flexibility index (Phi) is 4.57. The van der Waals surface area contributed by atoms with Crippen LogP contribution in [0.25, 0.3) is 0 Å². The van der Waals surface area contributed by atoms with E-state index in [1.807, 2.05) is 12.3 Å². The van der Waals surface area contributed by atoms with E-state index in [9.17, 15) is 0 Å². The highest BCUT2D eigenvalue weighted by molar-refractivity contribution is 5.03. The van der Waals surface area contributed by atoms with Gasteiger partial charge in [-0.3, -0.25) is 0 Å². The van der Waals surface area contributed by atoms with Crippen molar-refractivity contribution in [3.05, 3.63) is 24.0 Å². The highest BCUT2D eigenvalue weighted by Crippen LogP contribution is 1.97. The van der Waals surface area contributed by atoms with Crippen molar-refractivity contribution in [2.75, 3.05) is 26.7 Å². The first-order valence-electron chi connectivity index (χ1n) is 4.74. The smallest absolute Gasteiger partial charge is 0.0443 e. The number of H-pyrrole nitrogens is 1. The molecule has 0 aliphatic carbocycles. The summed E-state index contributed by atoms with van der Waals surface area (Å²) in [6.45, 7) is 2.30. The zero-order valence-electron chi connectivity index (χ0n) is 8.16. The molecule has 13 heavy (non-hydrogen) atoms. The van der Waals surface area contributed by atoms with Crippen molar-refractivity contribution in [3.63, 3.8) is 0 Å². The molecule has 0 saturated carbocycles. The van der Waals surface area contributed by atoms with Gasteiger partial charge in [-0.1, -0.05) is 0 Å². The van der Waals surface area contributed by atoms with E-state index in [4.69, 9.17) is 5.11 Å². The van der Waals surface area contributed by atoms with Crippen LogP contribution in [-0.2, 0) is 6.42 Å². The largest absolute Gasteiger partial charge is 0.396 e. The number of rotatable bonds is 6. The van der Waals surface area contributed by atoms with Gasteiger partial charge in [0.05, 0.1) is 0 Å². The van der Waals surface area contributed by atoms with E-state index >= 15 is 0 Å². The van der Waals surface area contributed by atoms with Crippen LogP contribution >= 0.6 is 0 Å². The quantitative estimate of drug-likeness (QED) is 0.685. The molecule has 1 aromatic rings. The molecule has 74 valence electrons. The fourth-order valence-electron chi connectivity index (χ4n) is 1.29. The predicted molar refractivity (Wildman–Crippen MR) is 53.7 cm³/mol. The normalized spacial score (nSPS) is 11.0. The summed E-state index contributed by atoms with van der Waals surface area (Å²) in [5.41, 5.74) is 1.27. The Bertz CT molecular complexity index is 209. The minimum Gasteiger partial charge on any atom is -0.396 e. The molecule has 0 aliphatic heterocycles. The van der Waals surface area contributed by atoms with Crippen LogP contribution in [0.4, 0.5) is 0 Å². The van der Waals surface area contributed by atoms with Gasteiger partial charge in [0.25, 0.3) is 0 Å². The molecule has 3 nitrogen and oxygen atoms in total. The third kappa shape index (κ3) is 4.10. The van der Waals surface area contributed by atoms with Gasteiger partial charge in [-0.25, -0.2) is 0 Å². The third-order valence-electron chi connectivity index (χ3n) is 2.12. The number of aliphatic hydroxyl groups excluding tert-OH is 1. The van der Waals surface area contributed by atoms with E-state index in [0.29, 0.717) is 0 Å². The summed E-state index contributed by atoms with van der Waals surface area (Å²) in [5.74, 6) is 0. The van der Waals surface area contributed by atoms with Gasteiger partial charge < -0.3 is 15.0 Å². The molecule has 0 atom stereocenters. The van der Waals surface area contributed by atoms with Gasteiger partial charge in [0, 0.05) is 38.0 Å². The maximum atomic E-state index is 8.63. The van der Waals surface area contributed by atoms with Crippen LogP contribution in [0, 0.1) is 0 Å². The second-order valence-electron chi connectivity index (χ2n) is 3.33. The lowest BCUT2D eigenvalue weighted by molar-refractivity contribution is 0.248. The topological polar surface area (TPSA) is 39.3 Å². The summed E-state index contributed by atoms with van der Waals surface area (Å²) in [5, 5.41) is 8.63. The Morgan fingerprint density at radius 1 is 1.46 bits per heavy atom. The fourth-order valence-corrected chi connectivity index (χ4v) is 1.29. The van der Waals surface area contributed by atoms with Gasteiger partial charge in [0.1, 0.15) is 0 Å². The zero-order chi connectivity index (χ0) is 9.52.